The molecule has 2 heterocycles. The first kappa shape index (κ1) is 17.4. The molecule has 2 aromatic carbocycles. The molecule has 0 aliphatic rings. The minimum Gasteiger partial charge on any atom is -0.361 e. The van der Waals surface area contributed by atoms with Crippen molar-refractivity contribution >= 4 is 32.7 Å². The van der Waals surface area contributed by atoms with Gasteiger partial charge in [0.1, 0.15) is 6.54 Å². The summed E-state index contributed by atoms with van der Waals surface area (Å²) in [7, 11) is 0. The molecule has 136 valence electrons. The van der Waals surface area contributed by atoms with Gasteiger partial charge in [0, 0.05) is 33.7 Å². The van der Waals surface area contributed by atoms with Crippen molar-refractivity contribution in [3.63, 3.8) is 0 Å². The average molecular weight is 425 g/mol. The number of carbonyl (C=O) groups is 1. The number of para-hydroxylation sites is 1. The third kappa shape index (κ3) is 4.06. The average Bonchev–Trinajstić information content (AvgIpc) is 3.30. The van der Waals surface area contributed by atoms with Gasteiger partial charge < -0.3 is 10.3 Å². The number of rotatable bonds is 6. The number of fused-ring (bicyclic) bond motifs is 1. The molecule has 2 aromatic heterocycles. The van der Waals surface area contributed by atoms with Crippen LogP contribution in [0.5, 0.6) is 0 Å². The zero-order valence-electron chi connectivity index (χ0n) is 14.4. The largest absolute Gasteiger partial charge is 0.361 e. The van der Waals surface area contributed by atoms with E-state index in [0.29, 0.717) is 12.4 Å². The summed E-state index contributed by atoms with van der Waals surface area (Å²) in [5, 5.41) is 16.3. The number of benzene rings is 2. The first-order chi connectivity index (χ1) is 13.2. The van der Waals surface area contributed by atoms with Crippen molar-refractivity contribution in [3.8, 4) is 11.4 Å². The number of tetrazole rings is 1. The lowest BCUT2D eigenvalue weighted by Gasteiger charge is -2.04. The summed E-state index contributed by atoms with van der Waals surface area (Å²) in [5.74, 6) is 0.351. The van der Waals surface area contributed by atoms with Crippen molar-refractivity contribution < 1.29 is 4.79 Å². The molecular formula is C19H17BrN6O. The monoisotopic (exact) mass is 424 g/mol. The van der Waals surface area contributed by atoms with E-state index >= 15 is 0 Å². The molecule has 7 nitrogen and oxygen atoms in total. The van der Waals surface area contributed by atoms with E-state index in [2.05, 4.69) is 47.7 Å². The molecule has 0 aliphatic heterocycles. The van der Waals surface area contributed by atoms with Crippen LogP contribution in [0.4, 0.5) is 0 Å². The van der Waals surface area contributed by atoms with Gasteiger partial charge in [-0.25, -0.2) is 0 Å². The van der Waals surface area contributed by atoms with Crippen LogP contribution in [-0.4, -0.2) is 37.6 Å². The molecule has 0 saturated carbocycles. The van der Waals surface area contributed by atoms with Crippen LogP contribution < -0.4 is 5.32 Å². The number of hydrogen-bond donors (Lipinski definition) is 2. The Hall–Kier alpha value is -3.00. The van der Waals surface area contributed by atoms with Gasteiger partial charge in [0.25, 0.3) is 0 Å². The van der Waals surface area contributed by atoms with Gasteiger partial charge in [0.05, 0.1) is 0 Å². The fourth-order valence-corrected chi connectivity index (χ4v) is 3.15. The van der Waals surface area contributed by atoms with Gasteiger partial charge in [-0.2, -0.15) is 4.80 Å². The van der Waals surface area contributed by atoms with Crippen molar-refractivity contribution in [2.24, 2.45) is 0 Å². The van der Waals surface area contributed by atoms with E-state index in [4.69, 9.17) is 0 Å². The second-order valence-corrected chi connectivity index (χ2v) is 7.03. The van der Waals surface area contributed by atoms with Crippen LogP contribution in [0.25, 0.3) is 22.3 Å². The SMILES string of the molecule is O=C(Cn1nnc(-c2ccc(Br)cc2)n1)NCCc1c[nH]c2ccccc12. The van der Waals surface area contributed by atoms with E-state index in [1.54, 1.807) is 0 Å². The van der Waals surface area contributed by atoms with Crippen molar-refractivity contribution in [2.75, 3.05) is 6.54 Å². The number of aromatic nitrogens is 5. The summed E-state index contributed by atoms with van der Waals surface area (Å²) in [6.45, 7) is 0.590. The van der Waals surface area contributed by atoms with Crippen LogP contribution in [0.15, 0.2) is 59.2 Å². The lowest BCUT2D eigenvalue weighted by atomic mass is 10.1. The van der Waals surface area contributed by atoms with Gasteiger partial charge in [-0.15, -0.1) is 10.2 Å². The standard InChI is InChI=1S/C19H17BrN6O/c20-15-7-5-13(6-8-15)19-23-25-26(24-19)12-18(27)21-10-9-14-11-22-17-4-2-1-3-16(14)17/h1-8,11,22H,9-10,12H2,(H,21,27). The number of aromatic amines is 1. The second-order valence-electron chi connectivity index (χ2n) is 6.11. The number of nitrogens with zero attached hydrogens (tertiary/aromatic N) is 4. The van der Waals surface area contributed by atoms with Gasteiger partial charge in [-0.05, 0) is 47.5 Å². The highest BCUT2D eigenvalue weighted by molar-refractivity contribution is 9.10. The molecule has 1 amide bonds. The smallest absolute Gasteiger partial charge is 0.243 e. The first-order valence-electron chi connectivity index (χ1n) is 8.54. The fraction of sp³-hybridized carbons (Fsp3) is 0.158. The lowest BCUT2D eigenvalue weighted by molar-refractivity contribution is -0.122. The van der Waals surface area contributed by atoms with Gasteiger partial charge in [0.15, 0.2) is 0 Å². The van der Waals surface area contributed by atoms with E-state index in [1.165, 1.54) is 15.7 Å². The zero-order chi connectivity index (χ0) is 18.6. The number of carbonyl (C=O) groups excluding carboxylic acids is 1. The van der Waals surface area contributed by atoms with Crippen LogP contribution in [0.2, 0.25) is 0 Å². The molecule has 4 rings (SSSR count). The maximum Gasteiger partial charge on any atom is 0.243 e. The molecule has 0 radical (unpaired) electrons. The van der Waals surface area contributed by atoms with Gasteiger partial charge in [0.2, 0.25) is 11.7 Å². The van der Waals surface area contributed by atoms with Crippen LogP contribution in [0.1, 0.15) is 5.56 Å². The third-order valence-electron chi connectivity index (χ3n) is 4.23. The predicted octanol–water partition coefficient (Wildman–Crippen LogP) is 2.94. The van der Waals surface area contributed by atoms with E-state index < -0.39 is 0 Å². The molecule has 4 aromatic rings. The zero-order valence-corrected chi connectivity index (χ0v) is 16.0. The van der Waals surface area contributed by atoms with Crippen LogP contribution >= 0.6 is 15.9 Å². The van der Waals surface area contributed by atoms with Crippen LogP contribution in [0.3, 0.4) is 0 Å². The Labute approximate surface area is 163 Å². The fourth-order valence-electron chi connectivity index (χ4n) is 2.88. The molecule has 0 spiro atoms. The summed E-state index contributed by atoms with van der Waals surface area (Å²) >= 11 is 3.39. The Bertz CT molecular complexity index is 1070. The van der Waals surface area contributed by atoms with Crippen molar-refractivity contribution in [1.82, 2.24) is 30.5 Å². The third-order valence-corrected chi connectivity index (χ3v) is 4.76. The summed E-state index contributed by atoms with van der Waals surface area (Å²) in [6, 6.07) is 15.7. The number of H-pyrrole nitrogens is 1. The molecule has 0 atom stereocenters. The first-order valence-corrected chi connectivity index (χ1v) is 9.34. The van der Waals surface area contributed by atoms with Crippen LogP contribution in [-0.2, 0) is 17.8 Å². The summed E-state index contributed by atoms with van der Waals surface area (Å²) in [5.41, 5.74) is 3.14. The normalized spacial score (nSPS) is 11.0. The van der Waals surface area contributed by atoms with E-state index in [9.17, 15) is 4.79 Å². The maximum atomic E-state index is 12.1. The topological polar surface area (TPSA) is 88.5 Å². The molecule has 0 fully saturated rings. The molecule has 0 aliphatic carbocycles. The Morgan fingerprint density at radius 3 is 2.81 bits per heavy atom. The Morgan fingerprint density at radius 1 is 1.15 bits per heavy atom. The Kier molecular flexibility index (Phi) is 4.97. The Balaban J connectivity index is 1.31. The van der Waals surface area contributed by atoms with E-state index in [0.717, 1.165) is 22.0 Å². The molecule has 27 heavy (non-hydrogen) atoms. The summed E-state index contributed by atoms with van der Waals surface area (Å²) in [6.07, 6.45) is 2.74. The summed E-state index contributed by atoms with van der Waals surface area (Å²) < 4.78 is 0.980. The molecule has 8 heteroatoms. The van der Waals surface area contributed by atoms with Gasteiger partial charge in [-0.3, -0.25) is 4.79 Å². The molecule has 2 N–H and O–H groups in total. The van der Waals surface area contributed by atoms with E-state index in [1.807, 2.05) is 48.7 Å². The van der Waals surface area contributed by atoms with Gasteiger partial charge >= 0.3 is 0 Å². The number of amides is 1. The van der Waals surface area contributed by atoms with E-state index in [-0.39, 0.29) is 12.5 Å². The number of halogens is 1. The minimum absolute atomic E-state index is 0.0391. The molecular weight excluding hydrogens is 408 g/mol. The van der Waals surface area contributed by atoms with Crippen molar-refractivity contribution in [1.29, 1.82) is 0 Å². The quantitative estimate of drug-likeness (QED) is 0.497. The van der Waals surface area contributed by atoms with Crippen LogP contribution in [0, 0.1) is 0 Å². The second kappa shape index (κ2) is 7.71. The molecule has 0 unspecified atom stereocenters. The highest BCUT2D eigenvalue weighted by Crippen LogP contribution is 2.18. The maximum absolute atomic E-state index is 12.1. The molecule has 0 bridgehead atoms. The highest BCUT2D eigenvalue weighted by Gasteiger charge is 2.10. The highest BCUT2D eigenvalue weighted by atomic mass is 79.9. The minimum atomic E-state index is -0.144. The Morgan fingerprint density at radius 2 is 1.96 bits per heavy atom. The van der Waals surface area contributed by atoms with Gasteiger partial charge in [-0.1, -0.05) is 34.1 Å². The number of hydrogen-bond acceptors (Lipinski definition) is 4. The summed E-state index contributed by atoms with van der Waals surface area (Å²) in [4.78, 5) is 16.7. The predicted molar refractivity (Wildman–Crippen MR) is 106 cm³/mol. The number of nitrogens with one attached hydrogen (secondary N) is 2. The lowest BCUT2D eigenvalue weighted by Crippen LogP contribution is -2.30. The van der Waals surface area contributed by atoms with Crippen molar-refractivity contribution in [3.05, 3.63) is 64.8 Å². The van der Waals surface area contributed by atoms with Crippen molar-refractivity contribution in [2.45, 2.75) is 13.0 Å². The molecule has 0 saturated heterocycles.